The Kier molecular flexibility index (Phi) is 4.01. The predicted molar refractivity (Wildman–Crippen MR) is 73.7 cm³/mol. The van der Waals surface area contributed by atoms with E-state index in [1.165, 1.54) is 12.1 Å². The van der Waals surface area contributed by atoms with Crippen LogP contribution in [-0.2, 0) is 0 Å². The third-order valence-corrected chi connectivity index (χ3v) is 3.46. The Morgan fingerprint density at radius 2 is 2.16 bits per heavy atom. The van der Waals surface area contributed by atoms with Gasteiger partial charge in [-0.2, -0.15) is 0 Å². The Hall–Kier alpha value is -1.66. The summed E-state index contributed by atoms with van der Waals surface area (Å²) in [6, 6.07) is 7.82. The summed E-state index contributed by atoms with van der Waals surface area (Å²) in [6.45, 7) is 1.84. The molecule has 0 spiro atoms. The second kappa shape index (κ2) is 5.54. The fourth-order valence-corrected chi connectivity index (χ4v) is 2.14. The first-order valence-electron chi connectivity index (χ1n) is 5.75. The third-order valence-electron chi connectivity index (χ3n) is 2.77. The highest BCUT2D eigenvalue weighted by molar-refractivity contribution is 9.10. The van der Waals surface area contributed by atoms with Gasteiger partial charge in [-0.1, -0.05) is 22.9 Å². The summed E-state index contributed by atoms with van der Waals surface area (Å²) >= 11 is 3.33. The Morgan fingerprint density at radius 3 is 2.79 bits per heavy atom. The van der Waals surface area contributed by atoms with E-state index in [1.54, 1.807) is 18.2 Å². The smallest absolute Gasteiger partial charge is 0.270 e. The van der Waals surface area contributed by atoms with E-state index < -0.39 is 11.0 Å². The van der Waals surface area contributed by atoms with Gasteiger partial charge in [-0.05, 0) is 24.6 Å². The summed E-state index contributed by atoms with van der Waals surface area (Å²) in [5.74, 6) is 0.939. The molecule has 1 heterocycles. The van der Waals surface area contributed by atoms with E-state index in [4.69, 9.17) is 4.42 Å². The van der Waals surface area contributed by atoms with Crippen LogP contribution >= 0.6 is 15.9 Å². The predicted octanol–water partition coefficient (Wildman–Crippen LogP) is 4.06. The molecular formula is C13H12BrNO4. The summed E-state index contributed by atoms with van der Waals surface area (Å²) in [5.41, 5.74) is 0.580. The van der Waals surface area contributed by atoms with Crippen LogP contribution in [0.5, 0.6) is 0 Å². The zero-order chi connectivity index (χ0) is 14.0. The van der Waals surface area contributed by atoms with Crippen molar-refractivity contribution in [3.8, 4) is 11.3 Å². The van der Waals surface area contributed by atoms with Crippen LogP contribution in [0.3, 0.4) is 0 Å². The molecule has 1 N–H and O–H groups in total. The van der Waals surface area contributed by atoms with Crippen LogP contribution in [-0.4, -0.2) is 10.0 Å². The van der Waals surface area contributed by atoms with Gasteiger partial charge in [-0.3, -0.25) is 10.1 Å². The highest BCUT2D eigenvalue weighted by Gasteiger charge is 2.16. The maximum Gasteiger partial charge on any atom is 0.270 e. The first-order chi connectivity index (χ1) is 9.02. The molecule has 0 aliphatic heterocycles. The molecule has 0 amide bonds. The Morgan fingerprint density at radius 1 is 1.42 bits per heavy atom. The molecule has 5 nitrogen and oxygen atoms in total. The lowest BCUT2D eigenvalue weighted by Crippen LogP contribution is -1.91. The van der Waals surface area contributed by atoms with Crippen molar-refractivity contribution < 1.29 is 14.4 Å². The second-order valence-electron chi connectivity index (χ2n) is 4.05. The van der Waals surface area contributed by atoms with E-state index in [0.29, 0.717) is 28.0 Å². The molecule has 0 saturated carbocycles. The van der Waals surface area contributed by atoms with Crippen molar-refractivity contribution in [3.63, 3.8) is 0 Å². The minimum atomic E-state index is -0.661. The van der Waals surface area contributed by atoms with Gasteiger partial charge in [0.25, 0.3) is 5.69 Å². The molecule has 0 bridgehead atoms. The standard InChI is InChI=1S/C13H12BrNO4/c1-2-11(16)13-6-5-12(19-13)9-7-8(15(17)18)3-4-10(9)14/h3-7,11,16H,2H2,1H3. The highest BCUT2D eigenvalue weighted by atomic mass is 79.9. The summed E-state index contributed by atoms with van der Waals surface area (Å²) in [4.78, 5) is 10.3. The molecule has 0 aliphatic rings. The van der Waals surface area contributed by atoms with Crippen molar-refractivity contribution in [2.45, 2.75) is 19.4 Å². The molecule has 2 rings (SSSR count). The maximum absolute atomic E-state index is 10.8. The topological polar surface area (TPSA) is 76.5 Å². The van der Waals surface area contributed by atoms with E-state index in [-0.39, 0.29) is 5.69 Å². The zero-order valence-corrected chi connectivity index (χ0v) is 11.8. The number of nitrogens with zero attached hydrogens (tertiary/aromatic N) is 1. The average Bonchev–Trinajstić information content (AvgIpc) is 2.87. The molecular weight excluding hydrogens is 314 g/mol. The minimum absolute atomic E-state index is 0.00723. The van der Waals surface area contributed by atoms with Crippen molar-refractivity contribution in [3.05, 3.63) is 50.7 Å². The largest absolute Gasteiger partial charge is 0.458 e. The van der Waals surface area contributed by atoms with Gasteiger partial charge in [-0.25, -0.2) is 0 Å². The zero-order valence-electron chi connectivity index (χ0n) is 10.2. The molecule has 0 radical (unpaired) electrons. The van der Waals surface area contributed by atoms with Gasteiger partial charge >= 0.3 is 0 Å². The monoisotopic (exact) mass is 325 g/mol. The SMILES string of the molecule is CCC(O)c1ccc(-c2cc([N+](=O)[O-])ccc2Br)o1. The summed E-state index contributed by atoms with van der Waals surface area (Å²) in [6.07, 6.45) is -0.116. The number of non-ortho nitro benzene ring substituents is 1. The molecule has 1 aromatic carbocycles. The van der Waals surface area contributed by atoms with Gasteiger partial charge in [0.1, 0.15) is 17.6 Å². The fourth-order valence-electron chi connectivity index (χ4n) is 1.69. The molecule has 2 aromatic rings. The Labute approximate surface area is 118 Å². The van der Waals surface area contributed by atoms with Crippen LogP contribution < -0.4 is 0 Å². The van der Waals surface area contributed by atoms with E-state index in [1.807, 2.05) is 6.92 Å². The van der Waals surface area contributed by atoms with E-state index in [2.05, 4.69) is 15.9 Å². The number of benzene rings is 1. The average molecular weight is 326 g/mol. The van der Waals surface area contributed by atoms with Crippen LogP contribution in [0.2, 0.25) is 0 Å². The number of nitro benzene ring substituents is 1. The number of hydrogen-bond donors (Lipinski definition) is 1. The lowest BCUT2D eigenvalue weighted by Gasteiger charge is -2.04. The molecule has 1 atom stereocenters. The van der Waals surface area contributed by atoms with Crippen molar-refractivity contribution in [1.29, 1.82) is 0 Å². The van der Waals surface area contributed by atoms with Gasteiger partial charge < -0.3 is 9.52 Å². The molecule has 0 aliphatic carbocycles. The van der Waals surface area contributed by atoms with Crippen molar-refractivity contribution in [2.75, 3.05) is 0 Å². The number of nitro groups is 1. The van der Waals surface area contributed by atoms with Crippen LogP contribution in [0.1, 0.15) is 25.2 Å². The Balaban J connectivity index is 2.43. The minimum Gasteiger partial charge on any atom is -0.458 e. The van der Waals surface area contributed by atoms with Gasteiger partial charge in [0.15, 0.2) is 0 Å². The Bertz CT molecular complexity index is 608. The quantitative estimate of drug-likeness (QED) is 0.679. The number of aliphatic hydroxyl groups excluding tert-OH is 1. The van der Waals surface area contributed by atoms with Gasteiger partial charge in [0.05, 0.1) is 4.92 Å². The molecule has 6 heteroatoms. The highest BCUT2D eigenvalue weighted by Crippen LogP contribution is 2.34. The molecule has 0 saturated heterocycles. The summed E-state index contributed by atoms with van der Waals surface area (Å²) < 4.78 is 6.23. The summed E-state index contributed by atoms with van der Waals surface area (Å²) in [5, 5.41) is 20.5. The lowest BCUT2D eigenvalue weighted by molar-refractivity contribution is -0.384. The summed E-state index contributed by atoms with van der Waals surface area (Å²) in [7, 11) is 0. The molecule has 1 aromatic heterocycles. The van der Waals surface area contributed by atoms with Gasteiger partial charge in [-0.15, -0.1) is 0 Å². The van der Waals surface area contributed by atoms with Gasteiger partial charge in [0, 0.05) is 22.2 Å². The molecule has 19 heavy (non-hydrogen) atoms. The van der Waals surface area contributed by atoms with Crippen molar-refractivity contribution >= 4 is 21.6 Å². The fraction of sp³-hybridized carbons (Fsp3) is 0.231. The van der Waals surface area contributed by atoms with Crippen LogP contribution in [0.4, 0.5) is 5.69 Å². The molecule has 0 fully saturated rings. The first-order valence-corrected chi connectivity index (χ1v) is 6.54. The van der Waals surface area contributed by atoms with E-state index in [9.17, 15) is 15.2 Å². The van der Waals surface area contributed by atoms with Crippen LogP contribution in [0.25, 0.3) is 11.3 Å². The molecule has 1 unspecified atom stereocenters. The molecule has 100 valence electrons. The second-order valence-corrected chi connectivity index (χ2v) is 4.90. The number of aliphatic hydroxyl groups is 1. The lowest BCUT2D eigenvalue weighted by atomic mass is 10.1. The number of halogens is 1. The maximum atomic E-state index is 10.8. The number of furan rings is 1. The normalized spacial score (nSPS) is 12.4. The van der Waals surface area contributed by atoms with Crippen molar-refractivity contribution in [2.24, 2.45) is 0 Å². The van der Waals surface area contributed by atoms with Crippen LogP contribution in [0.15, 0.2) is 39.2 Å². The van der Waals surface area contributed by atoms with Crippen LogP contribution in [0, 0.1) is 10.1 Å². The number of hydrogen-bond acceptors (Lipinski definition) is 4. The third kappa shape index (κ3) is 2.85. The first kappa shape index (κ1) is 13.8. The number of rotatable bonds is 4. The van der Waals surface area contributed by atoms with Gasteiger partial charge in [0.2, 0.25) is 0 Å². The van der Waals surface area contributed by atoms with Crippen molar-refractivity contribution in [1.82, 2.24) is 0 Å². The van der Waals surface area contributed by atoms with E-state index in [0.717, 1.165) is 0 Å². The van der Waals surface area contributed by atoms with E-state index >= 15 is 0 Å².